The molecule has 0 saturated heterocycles. The number of amidine groups is 1. The third-order valence-corrected chi connectivity index (χ3v) is 4.15. The second kappa shape index (κ2) is 6.95. The maximum absolute atomic E-state index is 13.6. The Labute approximate surface area is 126 Å². The number of carbonyl (C=O) groups excluding carboxylic acids is 1. The van der Waals surface area contributed by atoms with Crippen LogP contribution in [-0.2, 0) is 11.3 Å². The van der Waals surface area contributed by atoms with Crippen LogP contribution in [0.3, 0.4) is 0 Å². The minimum Gasteiger partial charge on any atom is -0.363 e. The number of hydrogen-bond donors (Lipinski definition) is 1. The number of halogens is 2. The summed E-state index contributed by atoms with van der Waals surface area (Å²) in [5.74, 6) is -0.216. The number of nitrogens with one attached hydrogen (secondary N) is 1. The second-order valence-corrected chi connectivity index (χ2v) is 5.72. The number of benzene rings is 1. The highest BCUT2D eigenvalue weighted by atomic mass is 35.5. The molecule has 1 aromatic carbocycles. The Bertz CT molecular complexity index is 518. The fourth-order valence-corrected chi connectivity index (χ4v) is 2.81. The lowest BCUT2D eigenvalue weighted by Crippen LogP contribution is -2.29. The number of aliphatic imine (C=N–C) groups is 1. The molecular weight excluding hydrogens is 301 g/mol. The van der Waals surface area contributed by atoms with Gasteiger partial charge in [-0.2, -0.15) is 0 Å². The molecule has 0 unspecified atom stereocenters. The number of thioether (sulfide) groups is 1. The van der Waals surface area contributed by atoms with E-state index >= 15 is 0 Å². The first-order valence-corrected chi connectivity index (χ1v) is 7.52. The van der Waals surface area contributed by atoms with Crippen molar-refractivity contribution in [3.63, 3.8) is 0 Å². The van der Waals surface area contributed by atoms with E-state index in [1.165, 1.54) is 22.7 Å². The monoisotopic (exact) mass is 315 g/mol. The van der Waals surface area contributed by atoms with Crippen molar-refractivity contribution in [2.45, 2.75) is 6.54 Å². The molecule has 0 spiro atoms. The van der Waals surface area contributed by atoms with Gasteiger partial charge in [-0.1, -0.05) is 29.4 Å². The molecule has 0 aromatic heterocycles. The summed E-state index contributed by atoms with van der Waals surface area (Å²) in [5, 5.41) is 4.20. The van der Waals surface area contributed by atoms with E-state index in [0.29, 0.717) is 10.6 Å². The van der Waals surface area contributed by atoms with E-state index in [1.807, 2.05) is 0 Å². The highest BCUT2D eigenvalue weighted by Gasteiger charge is 2.16. The molecule has 0 saturated carbocycles. The fraction of sp³-hybridized carbons (Fsp3) is 0.385. The van der Waals surface area contributed by atoms with Crippen molar-refractivity contribution in [3.05, 3.63) is 34.6 Å². The Morgan fingerprint density at radius 3 is 3.05 bits per heavy atom. The van der Waals surface area contributed by atoms with Crippen molar-refractivity contribution in [1.82, 2.24) is 10.2 Å². The predicted molar refractivity (Wildman–Crippen MR) is 80.6 cm³/mol. The first kappa shape index (κ1) is 15.1. The second-order valence-electron chi connectivity index (χ2n) is 4.35. The molecule has 108 valence electrons. The molecule has 7 heteroatoms. The van der Waals surface area contributed by atoms with E-state index in [1.54, 1.807) is 19.2 Å². The van der Waals surface area contributed by atoms with Crippen LogP contribution in [-0.4, -0.2) is 41.9 Å². The standard InChI is InChI=1S/C13H15ClFN3OS/c1-18(7-9-10(14)3-2-4-11(9)15)12(19)8-20-13-16-5-6-17-13/h2-4H,5-8H2,1H3,(H,16,17). The lowest BCUT2D eigenvalue weighted by atomic mass is 10.2. The molecule has 0 radical (unpaired) electrons. The van der Waals surface area contributed by atoms with Crippen molar-refractivity contribution >= 4 is 34.4 Å². The molecule has 1 aliphatic rings. The predicted octanol–water partition coefficient (Wildman–Crippen LogP) is 2.13. The van der Waals surface area contributed by atoms with Crippen LogP contribution in [0.2, 0.25) is 5.02 Å². The average molecular weight is 316 g/mol. The summed E-state index contributed by atoms with van der Waals surface area (Å²) in [4.78, 5) is 17.6. The highest BCUT2D eigenvalue weighted by molar-refractivity contribution is 8.14. The summed E-state index contributed by atoms with van der Waals surface area (Å²) < 4.78 is 13.6. The van der Waals surface area contributed by atoms with Crippen LogP contribution in [0.25, 0.3) is 0 Å². The van der Waals surface area contributed by atoms with Gasteiger partial charge in [0.05, 0.1) is 12.3 Å². The molecule has 0 atom stereocenters. The van der Waals surface area contributed by atoms with Crippen molar-refractivity contribution in [1.29, 1.82) is 0 Å². The van der Waals surface area contributed by atoms with E-state index in [4.69, 9.17) is 11.6 Å². The van der Waals surface area contributed by atoms with Gasteiger partial charge >= 0.3 is 0 Å². The van der Waals surface area contributed by atoms with Gasteiger partial charge in [0, 0.05) is 30.7 Å². The molecule has 0 bridgehead atoms. The van der Waals surface area contributed by atoms with E-state index < -0.39 is 5.82 Å². The first-order chi connectivity index (χ1) is 9.58. The smallest absolute Gasteiger partial charge is 0.233 e. The average Bonchev–Trinajstić information content (AvgIpc) is 2.93. The summed E-state index contributed by atoms with van der Waals surface area (Å²) in [5.41, 5.74) is 0.339. The number of carbonyl (C=O) groups is 1. The molecule has 1 aliphatic heterocycles. The summed E-state index contributed by atoms with van der Waals surface area (Å²) in [7, 11) is 1.63. The number of hydrogen-bond acceptors (Lipinski definition) is 4. The fourth-order valence-electron chi connectivity index (χ4n) is 1.72. The highest BCUT2D eigenvalue weighted by Crippen LogP contribution is 2.20. The van der Waals surface area contributed by atoms with Crippen LogP contribution >= 0.6 is 23.4 Å². The number of amides is 1. The van der Waals surface area contributed by atoms with Gasteiger partial charge in [0.1, 0.15) is 5.82 Å². The van der Waals surface area contributed by atoms with Crippen LogP contribution in [0, 0.1) is 5.82 Å². The van der Waals surface area contributed by atoms with Gasteiger partial charge < -0.3 is 10.2 Å². The van der Waals surface area contributed by atoms with E-state index in [9.17, 15) is 9.18 Å². The third kappa shape index (κ3) is 3.86. The zero-order chi connectivity index (χ0) is 14.5. The van der Waals surface area contributed by atoms with E-state index in [-0.39, 0.29) is 18.2 Å². The van der Waals surface area contributed by atoms with Crippen LogP contribution in [0.5, 0.6) is 0 Å². The van der Waals surface area contributed by atoms with Gasteiger partial charge in [-0.25, -0.2) is 4.39 Å². The van der Waals surface area contributed by atoms with Gasteiger partial charge in [-0.05, 0) is 12.1 Å². The van der Waals surface area contributed by atoms with Crippen LogP contribution in [0.1, 0.15) is 5.56 Å². The van der Waals surface area contributed by atoms with Gasteiger partial charge in [0.2, 0.25) is 5.91 Å². The lowest BCUT2D eigenvalue weighted by molar-refractivity contribution is -0.127. The molecule has 1 N–H and O–H groups in total. The lowest BCUT2D eigenvalue weighted by Gasteiger charge is -2.18. The quantitative estimate of drug-likeness (QED) is 0.926. The van der Waals surface area contributed by atoms with Crippen LogP contribution in [0.15, 0.2) is 23.2 Å². The van der Waals surface area contributed by atoms with Crippen LogP contribution < -0.4 is 5.32 Å². The summed E-state index contributed by atoms with van der Waals surface area (Å²) in [6, 6.07) is 4.50. The normalized spacial score (nSPS) is 13.8. The van der Waals surface area contributed by atoms with E-state index in [2.05, 4.69) is 10.3 Å². The van der Waals surface area contributed by atoms with Crippen molar-refractivity contribution in [3.8, 4) is 0 Å². The van der Waals surface area contributed by atoms with Crippen molar-refractivity contribution < 1.29 is 9.18 Å². The Hall–Kier alpha value is -1.27. The Morgan fingerprint density at radius 2 is 2.40 bits per heavy atom. The molecule has 4 nitrogen and oxygen atoms in total. The van der Waals surface area contributed by atoms with Crippen LogP contribution in [0.4, 0.5) is 4.39 Å². The van der Waals surface area contributed by atoms with Gasteiger partial charge in [-0.15, -0.1) is 0 Å². The third-order valence-electron chi connectivity index (χ3n) is 2.86. The van der Waals surface area contributed by atoms with Gasteiger partial charge in [0.15, 0.2) is 5.17 Å². The Kier molecular flexibility index (Phi) is 5.25. The number of rotatable bonds is 4. The molecule has 0 aliphatic carbocycles. The van der Waals surface area contributed by atoms with Gasteiger partial charge in [-0.3, -0.25) is 9.79 Å². The van der Waals surface area contributed by atoms with Crippen molar-refractivity contribution in [2.24, 2.45) is 4.99 Å². The Morgan fingerprint density at radius 1 is 1.60 bits per heavy atom. The SMILES string of the molecule is CN(Cc1c(F)cccc1Cl)C(=O)CSC1=NCCN1. The Balaban J connectivity index is 1.90. The molecule has 1 heterocycles. The molecule has 1 aromatic rings. The minimum atomic E-state index is -0.397. The van der Waals surface area contributed by atoms with E-state index in [0.717, 1.165) is 18.3 Å². The summed E-state index contributed by atoms with van der Waals surface area (Å²) in [6.45, 7) is 1.72. The van der Waals surface area contributed by atoms with Crippen molar-refractivity contribution in [2.75, 3.05) is 25.9 Å². The molecule has 2 rings (SSSR count). The number of nitrogens with zero attached hydrogens (tertiary/aromatic N) is 2. The summed E-state index contributed by atoms with van der Waals surface area (Å²) >= 11 is 7.31. The van der Waals surface area contributed by atoms with Gasteiger partial charge in [0.25, 0.3) is 0 Å². The zero-order valence-corrected chi connectivity index (χ0v) is 12.6. The molecule has 0 fully saturated rings. The molecular formula is C13H15ClFN3OS. The summed E-state index contributed by atoms with van der Waals surface area (Å²) in [6.07, 6.45) is 0. The maximum Gasteiger partial charge on any atom is 0.233 e. The first-order valence-electron chi connectivity index (χ1n) is 6.16. The minimum absolute atomic E-state index is 0.0919. The zero-order valence-electron chi connectivity index (χ0n) is 11.0. The molecule has 20 heavy (non-hydrogen) atoms. The molecule has 1 amide bonds. The largest absolute Gasteiger partial charge is 0.363 e. The topological polar surface area (TPSA) is 44.7 Å². The maximum atomic E-state index is 13.6.